The zero-order chi connectivity index (χ0) is 15.5. The van der Waals surface area contributed by atoms with E-state index in [0.717, 1.165) is 5.69 Å². The van der Waals surface area contributed by atoms with Crippen LogP contribution in [0, 0.1) is 6.92 Å². The second-order valence-electron chi connectivity index (χ2n) is 4.44. The van der Waals surface area contributed by atoms with Gasteiger partial charge in [-0.15, -0.1) is 11.3 Å². The van der Waals surface area contributed by atoms with Crippen molar-refractivity contribution in [2.24, 2.45) is 0 Å². The van der Waals surface area contributed by atoms with Gasteiger partial charge in [-0.3, -0.25) is 4.72 Å². The van der Waals surface area contributed by atoms with Crippen LogP contribution in [-0.4, -0.2) is 25.1 Å². The summed E-state index contributed by atoms with van der Waals surface area (Å²) in [6.45, 7) is 1.74. The van der Waals surface area contributed by atoms with Crippen LogP contribution in [0.2, 0.25) is 5.02 Å². The smallest absolute Gasteiger partial charge is 0.263 e. The predicted octanol–water partition coefficient (Wildman–Crippen LogP) is 2.83. The quantitative estimate of drug-likeness (QED) is 0.843. The van der Waals surface area contributed by atoms with E-state index in [-0.39, 0.29) is 11.5 Å². The first kappa shape index (κ1) is 16.2. The largest absolute Gasteiger partial charge is 0.396 e. The highest BCUT2D eigenvalue weighted by molar-refractivity contribution is 7.93. The van der Waals surface area contributed by atoms with Gasteiger partial charge in [0.15, 0.2) is 5.13 Å². The molecular formula is C13H15ClN2O3S2. The number of aliphatic hydroxyl groups is 1. The summed E-state index contributed by atoms with van der Waals surface area (Å²) in [5.41, 5.74) is 1.26. The minimum Gasteiger partial charge on any atom is -0.396 e. The monoisotopic (exact) mass is 346 g/mol. The molecule has 0 fully saturated rings. The van der Waals surface area contributed by atoms with Gasteiger partial charge in [-0.2, -0.15) is 0 Å². The average Bonchev–Trinajstić information content (AvgIpc) is 2.86. The number of thiazole rings is 1. The third kappa shape index (κ3) is 3.94. The molecule has 0 atom stereocenters. The number of hydrogen-bond donors (Lipinski definition) is 2. The summed E-state index contributed by atoms with van der Waals surface area (Å²) in [5, 5.41) is 11.3. The van der Waals surface area contributed by atoms with Crippen molar-refractivity contribution in [2.45, 2.75) is 24.7 Å². The van der Waals surface area contributed by atoms with E-state index in [2.05, 4.69) is 9.71 Å². The first-order chi connectivity index (χ1) is 9.94. The number of hydrogen-bond acceptors (Lipinski definition) is 5. The van der Waals surface area contributed by atoms with Crippen molar-refractivity contribution < 1.29 is 13.5 Å². The summed E-state index contributed by atoms with van der Waals surface area (Å²) in [5.74, 6) is 0. The Morgan fingerprint density at radius 3 is 2.90 bits per heavy atom. The van der Waals surface area contributed by atoms with Crippen molar-refractivity contribution in [3.63, 3.8) is 0 Å². The van der Waals surface area contributed by atoms with Gasteiger partial charge < -0.3 is 5.11 Å². The Morgan fingerprint density at radius 2 is 2.19 bits per heavy atom. The summed E-state index contributed by atoms with van der Waals surface area (Å²) in [6.07, 6.45) is 1.22. The molecule has 2 N–H and O–H groups in total. The van der Waals surface area contributed by atoms with Crippen LogP contribution in [0.3, 0.4) is 0 Å². The molecule has 2 aromatic rings. The Kier molecular flexibility index (Phi) is 5.21. The molecule has 0 bridgehead atoms. The molecule has 0 aliphatic rings. The molecule has 0 saturated heterocycles. The van der Waals surface area contributed by atoms with E-state index in [1.165, 1.54) is 17.4 Å². The number of halogens is 1. The molecule has 1 aromatic carbocycles. The van der Waals surface area contributed by atoms with Crippen molar-refractivity contribution in [1.29, 1.82) is 0 Å². The molecule has 1 aromatic heterocycles. The number of nitrogens with zero attached hydrogens (tertiary/aromatic N) is 1. The first-order valence-corrected chi connectivity index (χ1v) is 9.01. The van der Waals surface area contributed by atoms with Gasteiger partial charge in [-0.05, 0) is 37.5 Å². The summed E-state index contributed by atoms with van der Waals surface area (Å²) in [4.78, 5) is 4.34. The maximum Gasteiger partial charge on any atom is 0.263 e. The summed E-state index contributed by atoms with van der Waals surface area (Å²) in [7, 11) is -3.71. The highest BCUT2D eigenvalue weighted by atomic mass is 35.5. The van der Waals surface area contributed by atoms with Crippen LogP contribution >= 0.6 is 22.9 Å². The molecule has 2 rings (SSSR count). The number of aliphatic hydroxyl groups excluding tert-OH is 1. The van der Waals surface area contributed by atoms with E-state index in [0.29, 0.717) is 28.6 Å². The topological polar surface area (TPSA) is 79.3 Å². The number of anilines is 1. The van der Waals surface area contributed by atoms with Crippen LogP contribution in [0.1, 0.15) is 17.7 Å². The minimum atomic E-state index is -3.71. The molecule has 0 unspecified atom stereocenters. The van der Waals surface area contributed by atoms with Gasteiger partial charge in [-0.1, -0.05) is 17.7 Å². The molecule has 0 amide bonds. The Balaban J connectivity index is 2.21. The molecule has 5 nitrogen and oxygen atoms in total. The third-order valence-electron chi connectivity index (χ3n) is 2.87. The molecule has 114 valence electrons. The molecule has 0 spiro atoms. The third-order valence-corrected chi connectivity index (χ3v) is 5.70. The number of sulfonamides is 1. The van der Waals surface area contributed by atoms with Crippen molar-refractivity contribution in [3.8, 4) is 0 Å². The van der Waals surface area contributed by atoms with Gasteiger partial charge >= 0.3 is 0 Å². The fraction of sp³-hybridized carbons (Fsp3) is 0.308. The number of aromatic nitrogens is 1. The van der Waals surface area contributed by atoms with E-state index in [1.807, 2.05) is 0 Å². The molecule has 1 heterocycles. The molecule has 8 heteroatoms. The van der Waals surface area contributed by atoms with Crippen molar-refractivity contribution in [3.05, 3.63) is 39.9 Å². The lowest BCUT2D eigenvalue weighted by atomic mass is 10.2. The average molecular weight is 347 g/mol. The second kappa shape index (κ2) is 6.74. The lowest BCUT2D eigenvalue weighted by Gasteiger charge is -2.09. The number of nitrogens with one attached hydrogen (secondary N) is 1. The van der Waals surface area contributed by atoms with Crippen LogP contribution in [0.25, 0.3) is 0 Å². The van der Waals surface area contributed by atoms with E-state index >= 15 is 0 Å². The maximum atomic E-state index is 12.4. The molecule has 0 radical (unpaired) electrons. The minimum absolute atomic E-state index is 0.0836. The first-order valence-electron chi connectivity index (χ1n) is 6.27. The fourth-order valence-corrected chi connectivity index (χ4v) is 4.27. The summed E-state index contributed by atoms with van der Waals surface area (Å²) < 4.78 is 27.2. The molecule has 0 saturated carbocycles. The van der Waals surface area contributed by atoms with Gasteiger partial charge in [0.2, 0.25) is 0 Å². The Bertz CT molecular complexity index is 729. The number of rotatable bonds is 6. The van der Waals surface area contributed by atoms with Crippen LogP contribution in [-0.2, 0) is 16.4 Å². The lowest BCUT2D eigenvalue weighted by molar-refractivity contribution is 0.288. The Hall–Kier alpha value is -1.15. The number of benzene rings is 1. The van der Waals surface area contributed by atoms with Gasteiger partial charge in [-0.25, -0.2) is 13.4 Å². The van der Waals surface area contributed by atoms with Gasteiger partial charge in [0.05, 0.1) is 10.6 Å². The standard InChI is InChI=1S/C13H15ClN2O3S2/c1-9-11(14)5-2-6-12(9)21(18,19)16-13-15-10(8-20-13)4-3-7-17/h2,5-6,8,17H,3-4,7H2,1H3,(H,15,16). The molecule has 0 aliphatic carbocycles. The normalized spacial score (nSPS) is 11.6. The fourth-order valence-electron chi connectivity index (χ4n) is 1.78. The van der Waals surface area contributed by atoms with Gasteiger partial charge in [0.1, 0.15) is 0 Å². The van der Waals surface area contributed by atoms with Crippen LogP contribution < -0.4 is 4.72 Å². The van der Waals surface area contributed by atoms with E-state index < -0.39 is 10.0 Å². The van der Waals surface area contributed by atoms with Crippen LogP contribution in [0.5, 0.6) is 0 Å². The lowest BCUT2D eigenvalue weighted by Crippen LogP contribution is -2.14. The van der Waals surface area contributed by atoms with Crippen molar-refractivity contribution in [1.82, 2.24) is 4.98 Å². The van der Waals surface area contributed by atoms with Gasteiger partial charge in [0.25, 0.3) is 10.0 Å². The highest BCUT2D eigenvalue weighted by Crippen LogP contribution is 2.26. The van der Waals surface area contributed by atoms with E-state index in [9.17, 15) is 8.42 Å². The van der Waals surface area contributed by atoms with Gasteiger partial charge in [0, 0.05) is 17.0 Å². The van der Waals surface area contributed by atoms with Crippen LogP contribution in [0.4, 0.5) is 5.13 Å². The molecular weight excluding hydrogens is 332 g/mol. The molecule has 0 aliphatic heterocycles. The zero-order valence-electron chi connectivity index (χ0n) is 11.3. The Morgan fingerprint density at radius 1 is 1.43 bits per heavy atom. The second-order valence-corrected chi connectivity index (χ2v) is 7.36. The predicted molar refractivity (Wildman–Crippen MR) is 84.5 cm³/mol. The zero-order valence-corrected chi connectivity index (χ0v) is 13.7. The summed E-state index contributed by atoms with van der Waals surface area (Å²) in [6, 6.07) is 4.74. The SMILES string of the molecule is Cc1c(Cl)cccc1S(=O)(=O)Nc1nc(CCCO)cs1. The highest BCUT2D eigenvalue weighted by Gasteiger charge is 2.19. The Labute approximate surface area is 132 Å². The molecule has 21 heavy (non-hydrogen) atoms. The van der Waals surface area contributed by atoms with Crippen molar-refractivity contribution >= 4 is 38.1 Å². The maximum absolute atomic E-state index is 12.4. The summed E-state index contributed by atoms with van der Waals surface area (Å²) >= 11 is 7.17. The van der Waals surface area contributed by atoms with E-state index in [1.54, 1.807) is 24.4 Å². The van der Waals surface area contributed by atoms with E-state index in [4.69, 9.17) is 16.7 Å². The number of aryl methyl sites for hydroxylation is 1. The van der Waals surface area contributed by atoms with Crippen LogP contribution in [0.15, 0.2) is 28.5 Å². The van der Waals surface area contributed by atoms with Crippen molar-refractivity contribution in [2.75, 3.05) is 11.3 Å².